The number of aliphatic carboxylic acids is 1. The number of aromatic nitrogens is 1. The second-order valence-corrected chi connectivity index (χ2v) is 6.61. The van der Waals surface area contributed by atoms with E-state index in [9.17, 15) is 9.90 Å². The van der Waals surface area contributed by atoms with Gasteiger partial charge in [0.05, 0.1) is 5.69 Å². The number of benzene rings is 1. The van der Waals surface area contributed by atoms with Gasteiger partial charge in [-0.15, -0.1) is 11.3 Å². The Labute approximate surface area is 134 Å². The minimum Gasteiger partial charge on any atom is -0.481 e. The van der Waals surface area contributed by atoms with E-state index in [0.29, 0.717) is 12.1 Å². The molecule has 2 heterocycles. The average Bonchev–Trinajstić information content (AvgIpc) is 2.95. The Morgan fingerprint density at radius 2 is 2.00 bits per heavy atom. The van der Waals surface area contributed by atoms with Crippen LogP contribution >= 0.6 is 27.3 Å². The highest BCUT2D eigenvalue weighted by Crippen LogP contribution is 2.30. The number of carbonyl (C=O) groups is 1. The van der Waals surface area contributed by atoms with Crippen LogP contribution in [0.4, 0.5) is 0 Å². The van der Waals surface area contributed by atoms with Gasteiger partial charge in [-0.1, -0.05) is 28.1 Å². The molecular formula is C16H12BrNO2S. The van der Waals surface area contributed by atoms with Gasteiger partial charge in [0, 0.05) is 20.8 Å². The Balaban J connectivity index is 2.00. The van der Waals surface area contributed by atoms with Crippen LogP contribution in [0.2, 0.25) is 0 Å². The topological polar surface area (TPSA) is 50.2 Å². The molecule has 5 heteroatoms. The lowest BCUT2D eigenvalue weighted by molar-refractivity contribution is -0.138. The fourth-order valence-electron chi connectivity index (χ4n) is 2.35. The Hall–Kier alpha value is -1.72. The van der Waals surface area contributed by atoms with Crippen molar-refractivity contribution in [1.82, 2.24) is 4.98 Å². The van der Waals surface area contributed by atoms with Crippen molar-refractivity contribution in [2.75, 3.05) is 0 Å². The summed E-state index contributed by atoms with van der Waals surface area (Å²) < 4.78 is 2.05. The van der Waals surface area contributed by atoms with Gasteiger partial charge >= 0.3 is 5.97 Å². The molecule has 1 N–H and O–H groups in total. The van der Waals surface area contributed by atoms with Crippen LogP contribution in [-0.4, -0.2) is 16.1 Å². The molecule has 0 aliphatic carbocycles. The van der Waals surface area contributed by atoms with E-state index < -0.39 is 11.9 Å². The maximum atomic E-state index is 11.7. The lowest BCUT2D eigenvalue weighted by Gasteiger charge is -2.13. The number of nitrogens with zero attached hydrogens (tertiary/aromatic N) is 1. The van der Waals surface area contributed by atoms with Crippen molar-refractivity contribution in [3.63, 3.8) is 0 Å². The molecule has 3 aromatic rings. The number of carboxylic acids is 1. The van der Waals surface area contributed by atoms with E-state index in [0.717, 1.165) is 20.1 Å². The summed E-state index contributed by atoms with van der Waals surface area (Å²) in [5.41, 5.74) is 1.63. The zero-order valence-corrected chi connectivity index (χ0v) is 13.4. The first-order valence-electron chi connectivity index (χ1n) is 6.44. The number of thiophene rings is 1. The Morgan fingerprint density at radius 3 is 2.71 bits per heavy atom. The maximum Gasteiger partial charge on any atom is 0.312 e. The maximum absolute atomic E-state index is 11.7. The van der Waals surface area contributed by atoms with Crippen LogP contribution in [0.25, 0.3) is 10.1 Å². The van der Waals surface area contributed by atoms with Gasteiger partial charge in [0.1, 0.15) is 5.92 Å². The molecule has 0 saturated heterocycles. The van der Waals surface area contributed by atoms with Crippen molar-refractivity contribution in [1.29, 1.82) is 0 Å². The number of carboxylic acid groups (broad SMARTS) is 1. The molecule has 0 aliphatic heterocycles. The van der Waals surface area contributed by atoms with E-state index in [1.807, 2.05) is 41.8 Å². The van der Waals surface area contributed by atoms with Gasteiger partial charge < -0.3 is 5.11 Å². The number of rotatable bonds is 4. The first-order chi connectivity index (χ1) is 10.1. The lowest BCUT2D eigenvalue weighted by Crippen LogP contribution is -2.16. The van der Waals surface area contributed by atoms with Crippen LogP contribution in [0.3, 0.4) is 0 Å². The van der Waals surface area contributed by atoms with E-state index in [4.69, 9.17) is 0 Å². The van der Waals surface area contributed by atoms with Crippen molar-refractivity contribution in [2.24, 2.45) is 0 Å². The summed E-state index contributed by atoms with van der Waals surface area (Å²) in [6.45, 7) is 0. The summed E-state index contributed by atoms with van der Waals surface area (Å²) in [6, 6.07) is 11.6. The highest BCUT2D eigenvalue weighted by atomic mass is 79.9. The predicted molar refractivity (Wildman–Crippen MR) is 87.8 cm³/mol. The molecule has 1 atom stereocenters. The molecule has 0 radical (unpaired) electrons. The van der Waals surface area contributed by atoms with Crippen molar-refractivity contribution >= 4 is 43.3 Å². The summed E-state index contributed by atoms with van der Waals surface area (Å²) in [7, 11) is 0. The zero-order chi connectivity index (χ0) is 14.8. The molecule has 0 amide bonds. The van der Waals surface area contributed by atoms with Crippen LogP contribution in [-0.2, 0) is 11.2 Å². The summed E-state index contributed by atoms with van der Waals surface area (Å²) in [5, 5.41) is 12.5. The van der Waals surface area contributed by atoms with Crippen LogP contribution in [0.1, 0.15) is 17.2 Å². The molecule has 1 unspecified atom stereocenters. The van der Waals surface area contributed by atoms with Gasteiger partial charge in [-0.05, 0) is 41.6 Å². The molecule has 0 saturated carbocycles. The van der Waals surface area contributed by atoms with Crippen molar-refractivity contribution in [2.45, 2.75) is 12.3 Å². The molecule has 0 bridgehead atoms. The smallest absolute Gasteiger partial charge is 0.312 e. The van der Waals surface area contributed by atoms with E-state index >= 15 is 0 Å². The largest absolute Gasteiger partial charge is 0.481 e. The quantitative estimate of drug-likeness (QED) is 0.745. The summed E-state index contributed by atoms with van der Waals surface area (Å²) >= 11 is 4.99. The first-order valence-corrected chi connectivity index (χ1v) is 8.12. The van der Waals surface area contributed by atoms with Crippen molar-refractivity contribution in [3.05, 3.63) is 63.7 Å². The van der Waals surface area contributed by atoms with Crippen molar-refractivity contribution in [3.8, 4) is 0 Å². The molecule has 2 aromatic heterocycles. The summed E-state index contributed by atoms with van der Waals surface area (Å²) in [5.74, 6) is -1.48. The average molecular weight is 362 g/mol. The Morgan fingerprint density at radius 1 is 1.24 bits per heavy atom. The van der Waals surface area contributed by atoms with Crippen molar-refractivity contribution < 1.29 is 9.90 Å². The van der Waals surface area contributed by atoms with Crippen LogP contribution in [0.5, 0.6) is 0 Å². The lowest BCUT2D eigenvalue weighted by atomic mass is 9.94. The predicted octanol–water partition coefficient (Wildman–Crippen LogP) is 4.47. The van der Waals surface area contributed by atoms with Crippen LogP contribution < -0.4 is 0 Å². The van der Waals surface area contributed by atoms with E-state index in [2.05, 4.69) is 20.9 Å². The van der Waals surface area contributed by atoms with Gasteiger partial charge in [-0.3, -0.25) is 9.78 Å². The number of hydrogen-bond donors (Lipinski definition) is 1. The number of hydrogen-bond acceptors (Lipinski definition) is 3. The van der Waals surface area contributed by atoms with Gasteiger partial charge in [-0.25, -0.2) is 0 Å². The van der Waals surface area contributed by atoms with Gasteiger partial charge in [0.2, 0.25) is 0 Å². The standard InChI is InChI=1S/C16H12BrNO2S/c17-11-3-1-10(2-4-11)9-13(16(19)20)15-12-6-8-21-14(12)5-7-18-15/h1-8,13H,9H2,(H,19,20). The minimum atomic E-state index is -0.843. The third kappa shape index (κ3) is 2.99. The van der Waals surface area contributed by atoms with Gasteiger partial charge in [0.25, 0.3) is 0 Å². The second-order valence-electron chi connectivity index (χ2n) is 4.75. The molecule has 0 aliphatic rings. The second kappa shape index (κ2) is 5.95. The highest BCUT2D eigenvalue weighted by Gasteiger charge is 2.24. The summed E-state index contributed by atoms with van der Waals surface area (Å²) in [4.78, 5) is 16.0. The summed E-state index contributed by atoms with van der Waals surface area (Å²) in [6.07, 6.45) is 2.12. The normalized spacial score (nSPS) is 12.4. The number of fused-ring (bicyclic) bond motifs is 1. The highest BCUT2D eigenvalue weighted by molar-refractivity contribution is 9.10. The third-order valence-electron chi connectivity index (χ3n) is 3.39. The van der Waals surface area contributed by atoms with Gasteiger partial charge in [0.15, 0.2) is 0 Å². The molecule has 3 rings (SSSR count). The fraction of sp³-hybridized carbons (Fsp3) is 0.125. The Kier molecular flexibility index (Phi) is 4.03. The molecule has 21 heavy (non-hydrogen) atoms. The van der Waals surface area contributed by atoms with E-state index in [-0.39, 0.29) is 0 Å². The molecule has 0 fully saturated rings. The van der Waals surface area contributed by atoms with Gasteiger partial charge in [-0.2, -0.15) is 0 Å². The van der Waals surface area contributed by atoms with E-state index in [1.54, 1.807) is 17.5 Å². The third-order valence-corrected chi connectivity index (χ3v) is 4.80. The first kappa shape index (κ1) is 14.2. The Bertz CT molecular complexity index is 782. The minimum absolute atomic E-state index is 0.435. The molecule has 1 aromatic carbocycles. The molecular weight excluding hydrogens is 350 g/mol. The number of halogens is 1. The monoisotopic (exact) mass is 361 g/mol. The molecule has 3 nitrogen and oxygen atoms in total. The molecule has 0 spiro atoms. The molecule has 106 valence electrons. The zero-order valence-electron chi connectivity index (χ0n) is 11.0. The van der Waals surface area contributed by atoms with Crippen LogP contribution in [0, 0.1) is 0 Å². The fourth-order valence-corrected chi connectivity index (χ4v) is 3.41. The number of pyridine rings is 1. The van der Waals surface area contributed by atoms with Crippen LogP contribution in [0.15, 0.2) is 52.4 Å². The SMILES string of the molecule is O=C(O)C(Cc1ccc(Br)cc1)c1nccc2sccc12. The van der Waals surface area contributed by atoms with E-state index in [1.165, 1.54) is 0 Å².